The summed E-state index contributed by atoms with van der Waals surface area (Å²) in [4.78, 5) is 0. The standard InChI is InChI=1S/C10H17NO/c1-4-5-8(2)10(3,12)11-9-6-7-9/h4-5,9,11-12H,2,6-7H2,1,3H3. The van der Waals surface area contributed by atoms with Gasteiger partial charge in [-0.15, -0.1) is 0 Å². The molecule has 2 N–H and O–H groups in total. The van der Waals surface area contributed by atoms with Crippen LogP contribution in [0.15, 0.2) is 24.3 Å². The van der Waals surface area contributed by atoms with Crippen LogP contribution in [0.4, 0.5) is 0 Å². The lowest BCUT2D eigenvalue weighted by atomic mass is 10.1. The summed E-state index contributed by atoms with van der Waals surface area (Å²) < 4.78 is 0. The fourth-order valence-electron chi connectivity index (χ4n) is 1.08. The molecular formula is C10H17NO. The molecule has 0 heterocycles. The molecule has 0 bridgehead atoms. The maximum Gasteiger partial charge on any atom is 0.138 e. The van der Waals surface area contributed by atoms with Gasteiger partial charge in [-0.2, -0.15) is 0 Å². The van der Waals surface area contributed by atoms with E-state index in [4.69, 9.17) is 0 Å². The van der Waals surface area contributed by atoms with E-state index in [1.54, 1.807) is 6.92 Å². The maximum absolute atomic E-state index is 9.86. The first-order chi connectivity index (χ1) is 5.56. The third-order valence-electron chi connectivity index (χ3n) is 2.06. The molecular weight excluding hydrogens is 150 g/mol. The van der Waals surface area contributed by atoms with E-state index in [0.717, 1.165) is 5.57 Å². The Bertz CT molecular complexity index is 202. The van der Waals surface area contributed by atoms with Gasteiger partial charge in [-0.1, -0.05) is 18.7 Å². The van der Waals surface area contributed by atoms with E-state index in [9.17, 15) is 5.11 Å². The molecule has 12 heavy (non-hydrogen) atoms. The topological polar surface area (TPSA) is 32.3 Å². The molecule has 1 aliphatic carbocycles. The van der Waals surface area contributed by atoms with Crippen LogP contribution >= 0.6 is 0 Å². The van der Waals surface area contributed by atoms with Crippen LogP contribution in [-0.4, -0.2) is 16.9 Å². The average Bonchev–Trinajstić information content (AvgIpc) is 2.71. The Labute approximate surface area is 74.0 Å². The molecule has 0 spiro atoms. The van der Waals surface area contributed by atoms with E-state index in [-0.39, 0.29) is 0 Å². The van der Waals surface area contributed by atoms with Gasteiger partial charge in [0.05, 0.1) is 0 Å². The lowest BCUT2D eigenvalue weighted by Gasteiger charge is -2.25. The summed E-state index contributed by atoms with van der Waals surface area (Å²) in [6.07, 6.45) is 6.04. The van der Waals surface area contributed by atoms with E-state index in [1.807, 2.05) is 19.1 Å². The van der Waals surface area contributed by atoms with Gasteiger partial charge in [-0.25, -0.2) is 0 Å². The van der Waals surface area contributed by atoms with Crippen molar-refractivity contribution in [1.82, 2.24) is 5.32 Å². The van der Waals surface area contributed by atoms with E-state index >= 15 is 0 Å². The zero-order valence-electron chi connectivity index (χ0n) is 7.80. The molecule has 2 nitrogen and oxygen atoms in total. The highest BCUT2D eigenvalue weighted by atomic mass is 16.3. The summed E-state index contributed by atoms with van der Waals surface area (Å²) in [6, 6.07) is 0.488. The molecule has 2 heteroatoms. The van der Waals surface area contributed by atoms with E-state index in [2.05, 4.69) is 11.9 Å². The predicted octanol–water partition coefficient (Wildman–Crippen LogP) is 1.58. The van der Waals surface area contributed by atoms with Gasteiger partial charge in [0.25, 0.3) is 0 Å². The lowest BCUT2D eigenvalue weighted by Crippen LogP contribution is -2.44. The van der Waals surface area contributed by atoms with Crippen molar-refractivity contribution in [3.63, 3.8) is 0 Å². The Balaban J connectivity index is 2.49. The Morgan fingerprint density at radius 3 is 2.67 bits per heavy atom. The average molecular weight is 167 g/mol. The van der Waals surface area contributed by atoms with Crippen LogP contribution < -0.4 is 5.32 Å². The second-order valence-electron chi connectivity index (χ2n) is 3.52. The van der Waals surface area contributed by atoms with Crippen molar-refractivity contribution in [3.05, 3.63) is 24.3 Å². The Morgan fingerprint density at radius 2 is 2.25 bits per heavy atom. The van der Waals surface area contributed by atoms with Crippen LogP contribution in [0.2, 0.25) is 0 Å². The van der Waals surface area contributed by atoms with Gasteiger partial charge in [0.2, 0.25) is 0 Å². The van der Waals surface area contributed by atoms with Crippen LogP contribution in [0.1, 0.15) is 26.7 Å². The number of allylic oxidation sites excluding steroid dienone is 1. The normalized spacial score (nSPS) is 22.6. The molecule has 1 atom stereocenters. The maximum atomic E-state index is 9.86. The summed E-state index contributed by atoms with van der Waals surface area (Å²) in [5.41, 5.74) is -0.217. The number of rotatable bonds is 4. The van der Waals surface area contributed by atoms with Gasteiger partial charge in [-0.05, 0) is 32.3 Å². The summed E-state index contributed by atoms with van der Waals surface area (Å²) in [6.45, 7) is 7.46. The van der Waals surface area contributed by atoms with E-state index < -0.39 is 5.72 Å². The van der Waals surface area contributed by atoms with E-state index in [0.29, 0.717) is 6.04 Å². The Morgan fingerprint density at radius 1 is 1.67 bits per heavy atom. The highest BCUT2D eigenvalue weighted by Gasteiger charge is 2.31. The molecule has 68 valence electrons. The monoisotopic (exact) mass is 167 g/mol. The third kappa shape index (κ3) is 2.47. The quantitative estimate of drug-likeness (QED) is 0.492. The van der Waals surface area contributed by atoms with Crippen molar-refractivity contribution < 1.29 is 5.11 Å². The minimum atomic E-state index is -0.937. The van der Waals surface area contributed by atoms with Crippen molar-refractivity contribution in [2.75, 3.05) is 0 Å². The molecule has 0 aromatic heterocycles. The molecule has 1 rings (SSSR count). The first-order valence-electron chi connectivity index (χ1n) is 4.38. The summed E-state index contributed by atoms with van der Waals surface area (Å²) in [5.74, 6) is 0. The van der Waals surface area contributed by atoms with Gasteiger partial charge in [0.15, 0.2) is 0 Å². The fourth-order valence-corrected chi connectivity index (χ4v) is 1.08. The zero-order chi connectivity index (χ0) is 9.19. The van der Waals surface area contributed by atoms with Crippen molar-refractivity contribution in [3.8, 4) is 0 Å². The van der Waals surface area contributed by atoms with Crippen molar-refractivity contribution >= 4 is 0 Å². The van der Waals surface area contributed by atoms with Gasteiger partial charge in [-0.3, -0.25) is 5.32 Å². The van der Waals surface area contributed by atoms with Gasteiger partial charge >= 0.3 is 0 Å². The molecule has 0 amide bonds. The zero-order valence-corrected chi connectivity index (χ0v) is 7.80. The second-order valence-corrected chi connectivity index (χ2v) is 3.52. The minimum absolute atomic E-state index is 0.488. The molecule has 0 radical (unpaired) electrons. The molecule has 0 saturated heterocycles. The third-order valence-corrected chi connectivity index (χ3v) is 2.06. The summed E-state index contributed by atoms with van der Waals surface area (Å²) in [5, 5.41) is 13.0. The first kappa shape index (κ1) is 9.49. The number of hydrogen-bond donors (Lipinski definition) is 2. The van der Waals surface area contributed by atoms with Gasteiger partial charge in [0, 0.05) is 6.04 Å². The fraction of sp³-hybridized carbons (Fsp3) is 0.600. The van der Waals surface area contributed by atoms with Crippen LogP contribution in [0.3, 0.4) is 0 Å². The van der Waals surface area contributed by atoms with Crippen LogP contribution in [0, 0.1) is 0 Å². The number of nitrogens with one attached hydrogen (secondary N) is 1. The summed E-state index contributed by atoms with van der Waals surface area (Å²) in [7, 11) is 0. The molecule has 1 fully saturated rings. The van der Waals surface area contributed by atoms with Crippen molar-refractivity contribution in [2.45, 2.75) is 38.5 Å². The molecule has 0 aromatic carbocycles. The molecule has 1 saturated carbocycles. The minimum Gasteiger partial charge on any atom is -0.372 e. The van der Waals surface area contributed by atoms with Gasteiger partial charge < -0.3 is 5.11 Å². The number of aliphatic hydroxyl groups is 1. The Hall–Kier alpha value is -0.600. The van der Waals surface area contributed by atoms with Crippen LogP contribution in [0.5, 0.6) is 0 Å². The van der Waals surface area contributed by atoms with Crippen LogP contribution in [0.25, 0.3) is 0 Å². The second kappa shape index (κ2) is 3.42. The highest BCUT2D eigenvalue weighted by molar-refractivity contribution is 5.23. The van der Waals surface area contributed by atoms with Crippen LogP contribution in [-0.2, 0) is 0 Å². The smallest absolute Gasteiger partial charge is 0.138 e. The summed E-state index contributed by atoms with van der Waals surface area (Å²) >= 11 is 0. The van der Waals surface area contributed by atoms with Crippen molar-refractivity contribution in [1.29, 1.82) is 0 Å². The molecule has 0 aromatic rings. The molecule has 1 aliphatic rings. The Kier molecular flexibility index (Phi) is 2.70. The van der Waals surface area contributed by atoms with Crippen molar-refractivity contribution in [2.24, 2.45) is 0 Å². The predicted molar refractivity (Wildman–Crippen MR) is 50.7 cm³/mol. The van der Waals surface area contributed by atoms with Gasteiger partial charge in [0.1, 0.15) is 5.72 Å². The SMILES string of the molecule is C=C(C=CC)C(C)(O)NC1CC1. The lowest BCUT2D eigenvalue weighted by molar-refractivity contribution is 0.0635. The molecule has 1 unspecified atom stereocenters. The van der Waals surface area contributed by atoms with E-state index in [1.165, 1.54) is 12.8 Å². The molecule has 0 aliphatic heterocycles. The number of hydrogen-bond acceptors (Lipinski definition) is 2. The largest absolute Gasteiger partial charge is 0.372 e. The highest BCUT2D eigenvalue weighted by Crippen LogP contribution is 2.24. The first-order valence-corrected chi connectivity index (χ1v) is 4.38.